The fraction of sp³-hybridized carbons (Fsp3) is 0.389. The van der Waals surface area contributed by atoms with Crippen molar-refractivity contribution < 1.29 is 13.2 Å². The standard InChI is InChI=1S/C18H22N2O3S/c1-23-18-6-4-15(5-7-18)12-20(13-16-3-2-9-19-11-16)17-8-10-24(21,22)14-17/h2-7,9,11,17H,8,10,12-14H2,1H3. The number of hydrogen-bond donors (Lipinski definition) is 0. The number of ether oxygens (including phenoxy) is 1. The molecule has 5 nitrogen and oxygen atoms in total. The lowest BCUT2D eigenvalue weighted by Gasteiger charge is -2.28. The summed E-state index contributed by atoms with van der Waals surface area (Å²) in [6.07, 6.45) is 4.28. The van der Waals surface area contributed by atoms with E-state index in [4.69, 9.17) is 4.74 Å². The molecule has 0 N–H and O–H groups in total. The molecule has 128 valence electrons. The first-order valence-corrected chi connectivity index (χ1v) is 9.84. The summed E-state index contributed by atoms with van der Waals surface area (Å²) < 4.78 is 29.0. The van der Waals surface area contributed by atoms with Crippen molar-refractivity contribution in [2.24, 2.45) is 0 Å². The van der Waals surface area contributed by atoms with Gasteiger partial charge in [0.25, 0.3) is 0 Å². The van der Waals surface area contributed by atoms with Gasteiger partial charge in [-0.2, -0.15) is 0 Å². The Labute approximate surface area is 143 Å². The third-order valence-electron chi connectivity index (χ3n) is 4.38. The zero-order valence-electron chi connectivity index (χ0n) is 13.8. The molecule has 0 saturated carbocycles. The van der Waals surface area contributed by atoms with Crippen LogP contribution in [0.25, 0.3) is 0 Å². The molecule has 1 aromatic heterocycles. The predicted molar refractivity (Wildman–Crippen MR) is 93.5 cm³/mol. The van der Waals surface area contributed by atoms with E-state index >= 15 is 0 Å². The van der Waals surface area contributed by atoms with Gasteiger partial charge in [-0.25, -0.2) is 8.42 Å². The highest BCUT2D eigenvalue weighted by molar-refractivity contribution is 7.91. The minimum atomic E-state index is -2.91. The summed E-state index contributed by atoms with van der Waals surface area (Å²) >= 11 is 0. The van der Waals surface area contributed by atoms with Gasteiger partial charge in [-0.15, -0.1) is 0 Å². The minimum Gasteiger partial charge on any atom is -0.497 e. The van der Waals surface area contributed by atoms with Crippen LogP contribution < -0.4 is 4.74 Å². The fourth-order valence-corrected chi connectivity index (χ4v) is 4.83. The van der Waals surface area contributed by atoms with E-state index in [0.29, 0.717) is 19.5 Å². The summed E-state index contributed by atoms with van der Waals surface area (Å²) in [6, 6.07) is 11.9. The van der Waals surface area contributed by atoms with E-state index in [9.17, 15) is 8.42 Å². The molecule has 1 atom stereocenters. The van der Waals surface area contributed by atoms with E-state index in [2.05, 4.69) is 9.88 Å². The summed E-state index contributed by atoms with van der Waals surface area (Å²) in [5.41, 5.74) is 2.24. The quantitative estimate of drug-likeness (QED) is 0.803. The molecule has 1 saturated heterocycles. The second-order valence-electron chi connectivity index (χ2n) is 6.17. The van der Waals surface area contributed by atoms with E-state index in [1.165, 1.54) is 0 Å². The number of aromatic nitrogens is 1. The molecule has 1 unspecified atom stereocenters. The second kappa shape index (κ2) is 7.32. The first kappa shape index (κ1) is 16.9. The Hall–Kier alpha value is -1.92. The third kappa shape index (κ3) is 4.33. The van der Waals surface area contributed by atoms with Crippen molar-refractivity contribution in [1.29, 1.82) is 0 Å². The van der Waals surface area contributed by atoms with Crippen LogP contribution in [0.5, 0.6) is 5.75 Å². The Morgan fingerprint density at radius 2 is 1.92 bits per heavy atom. The molecule has 0 radical (unpaired) electrons. The van der Waals surface area contributed by atoms with Crippen molar-refractivity contribution in [3.63, 3.8) is 0 Å². The van der Waals surface area contributed by atoms with Crippen molar-refractivity contribution in [3.8, 4) is 5.75 Å². The van der Waals surface area contributed by atoms with Crippen LogP contribution in [0.2, 0.25) is 0 Å². The summed E-state index contributed by atoms with van der Waals surface area (Å²) in [7, 11) is -1.27. The Kier molecular flexibility index (Phi) is 5.16. The van der Waals surface area contributed by atoms with Crippen LogP contribution in [0.3, 0.4) is 0 Å². The average molecular weight is 346 g/mol. The number of hydrogen-bond acceptors (Lipinski definition) is 5. The van der Waals surface area contributed by atoms with Crippen LogP contribution in [0.15, 0.2) is 48.8 Å². The monoisotopic (exact) mass is 346 g/mol. The molecule has 0 amide bonds. The summed E-state index contributed by atoms with van der Waals surface area (Å²) in [4.78, 5) is 6.40. The van der Waals surface area contributed by atoms with Crippen molar-refractivity contribution in [2.45, 2.75) is 25.6 Å². The van der Waals surface area contributed by atoms with Crippen LogP contribution in [-0.4, -0.2) is 43.0 Å². The fourth-order valence-electron chi connectivity index (χ4n) is 3.07. The van der Waals surface area contributed by atoms with E-state index in [1.54, 1.807) is 13.3 Å². The SMILES string of the molecule is COc1ccc(CN(Cc2cccnc2)C2CCS(=O)(=O)C2)cc1. The first-order chi connectivity index (χ1) is 11.6. The highest BCUT2D eigenvalue weighted by Crippen LogP contribution is 2.23. The normalized spacial score (nSPS) is 19.5. The van der Waals surface area contributed by atoms with Crippen LogP contribution in [0.4, 0.5) is 0 Å². The van der Waals surface area contributed by atoms with Crippen LogP contribution in [-0.2, 0) is 22.9 Å². The zero-order chi connectivity index (χ0) is 17.0. The largest absolute Gasteiger partial charge is 0.497 e. The number of nitrogens with zero attached hydrogens (tertiary/aromatic N) is 2. The van der Waals surface area contributed by atoms with Crippen molar-refractivity contribution >= 4 is 9.84 Å². The highest BCUT2D eigenvalue weighted by atomic mass is 32.2. The van der Waals surface area contributed by atoms with Crippen molar-refractivity contribution in [2.75, 3.05) is 18.6 Å². The third-order valence-corrected chi connectivity index (χ3v) is 6.13. The molecule has 0 aliphatic carbocycles. The number of benzene rings is 1. The van der Waals surface area contributed by atoms with Gasteiger partial charge in [-0.1, -0.05) is 18.2 Å². The Balaban J connectivity index is 1.78. The molecule has 3 rings (SSSR count). The first-order valence-electron chi connectivity index (χ1n) is 8.02. The van der Waals surface area contributed by atoms with Crippen LogP contribution in [0, 0.1) is 0 Å². The molecule has 0 spiro atoms. The number of sulfone groups is 1. The van der Waals surface area contributed by atoms with Gasteiger partial charge in [0, 0.05) is 31.5 Å². The predicted octanol–water partition coefficient (Wildman–Crippen LogP) is 2.28. The molecule has 1 aliphatic rings. The van der Waals surface area contributed by atoms with Gasteiger partial charge in [-0.3, -0.25) is 9.88 Å². The van der Waals surface area contributed by atoms with Gasteiger partial charge >= 0.3 is 0 Å². The number of rotatable bonds is 6. The maximum Gasteiger partial charge on any atom is 0.151 e. The Bertz CT molecular complexity index is 761. The highest BCUT2D eigenvalue weighted by Gasteiger charge is 2.32. The molecule has 0 bridgehead atoms. The van der Waals surface area contributed by atoms with Crippen LogP contribution in [0.1, 0.15) is 17.5 Å². The molecular formula is C18H22N2O3S. The van der Waals surface area contributed by atoms with Gasteiger partial charge in [0.15, 0.2) is 9.84 Å². The molecule has 1 aliphatic heterocycles. The summed E-state index contributed by atoms with van der Waals surface area (Å²) in [5, 5.41) is 0. The molecular weight excluding hydrogens is 324 g/mol. The van der Waals surface area contributed by atoms with E-state index in [0.717, 1.165) is 16.9 Å². The van der Waals surface area contributed by atoms with E-state index < -0.39 is 9.84 Å². The number of pyridine rings is 1. The van der Waals surface area contributed by atoms with Gasteiger partial charge in [0.2, 0.25) is 0 Å². The van der Waals surface area contributed by atoms with E-state index in [-0.39, 0.29) is 17.5 Å². The van der Waals surface area contributed by atoms with E-state index in [1.807, 2.05) is 42.6 Å². The average Bonchev–Trinajstić information content (AvgIpc) is 2.96. The molecule has 1 fully saturated rings. The molecule has 2 aromatic rings. The molecule has 2 heterocycles. The second-order valence-corrected chi connectivity index (χ2v) is 8.40. The smallest absolute Gasteiger partial charge is 0.151 e. The van der Waals surface area contributed by atoms with Gasteiger partial charge in [0.1, 0.15) is 5.75 Å². The maximum absolute atomic E-state index is 11.9. The van der Waals surface area contributed by atoms with Gasteiger partial charge in [-0.05, 0) is 35.7 Å². The molecule has 6 heteroatoms. The number of methoxy groups -OCH3 is 1. The Morgan fingerprint density at radius 3 is 2.50 bits per heavy atom. The van der Waals surface area contributed by atoms with Crippen molar-refractivity contribution in [1.82, 2.24) is 9.88 Å². The molecule has 24 heavy (non-hydrogen) atoms. The summed E-state index contributed by atoms with van der Waals surface area (Å²) in [6.45, 7) is 1.40. The summed E-state index contributed by atoms with van der Waals surface area (Å²) in [5.74, 6) is 1.34. The molecule has 1 aromatic carbocycles. The Morgan fingerprint density at radius 1 is 1.17 bits per heavy atom. The maximum atomic E-state index is 11.9. The van der Waals surface area contributed by atoms with Gasteiger partial charge in [0.05, 0.1) is 18.6 Å². The van der Waals surface area contributed by atoms with Gasteiger partial charge < -0.3 is 4.74 Å². The van der Waals surface area contributed by atoms with Crippen LogP contribution >= 0.6 is 0 Å². The zero-order valence-corrected chi connectivity index (χ0v) is 14.6. The topological polar surface area (TPSA) is 59.5 Å². The lowest BCUT2D eigenvalue weighted by molar-refractivity contribution is 0.194. The van der Waals surface area contributed by atoms with Crippen molar-refractivity contribution in [3.05, 3.63) is 59.9 Å². The minimum absolute atomic E-state index is 0.0531. The lowest BCUT2D eigenvalue weighted by atomic mass is 10.1. The lowest BCUT2D eigenvalue weighted by Crippen LogP contribution is -2.35.